The Kier molecular flexibility index (Phi) is 6.47. The molecule has 2 aromatic carbocycles. The number of hydrogen-bond donors (Lipinski definition) is 0. The van der Waals surface area contributed by atoms with E-state index in [2.05, 4.69) is 0 Å². The van der Waals surface area contributed by atoms with Crippen molar-refractivity contribution in [2.24, 2.45) is 0 Å². The Balaban J connectivity index is 2.04. The lowest BCUT2D eigenvalue weighted by atomic mass is 10.1. The van der Waals surface area contributed by atoms with E-state index < -0.39 is 10.0 Å². The van der Waals surface area contributed by atoms with Gasteiger partial charge in [-0.1, -0.05) is 18.2 Å². The molecule has 0 radical (unpaired) electrons. The number of nitrogens with zero attached hydrogens (tertiary/aromatic N) is 2. The summed E-state index contributed by atoms with van der Waals surface area (Å²) in [5.74, 6) is 0.0834. The summed E-state index contributed by atoms with van der Waals surface area (Å²) in [5, 5.41) is 0. The van der Waals surface area contributed by atoms with Crippen molar-refractivity contribution in [2.75, 3.05) is 31.0 Å². The van der Waals surface area contributed by atoms with Gasteiger partial charge in [0.05, 0.1) is 12.8 Å². The maximum atomic E-state index is 13.7. The summed E-state index contributed by atoms with van der Waals surface area (Å²) >= 11 is 0. The first-order valence-electron chi connectivity index (χ1n) is 9.85. The molecule has 1 aliphatic rings. The number of aryl methyl sites for hydroxylation is 2. The fraction of sp³-hybridized carbons (Fsp3) is 0.409. The molecule has 6 nitrogen and oxygen atoms in total. The van der Waals surface area contributed by atoms with Crippen LogP contribution < -0.4 is 9.04 Å². The van der Waals surface area contributed by atoms with Gasteiger partial charge >= 0.3 is 0 Å². The highest BCUT2D eigenvalue weighted by atomic mass is 32.2. The highest BCUT2D eigenvalue weighted by molar-refractivity contribution is 7.93. The minimum Gasteiger partial charge on any atom is -0.495 e. The summed E-state index contributed by atoms with van der Waals surface area (Å²) in [4.78, 5) is 14.8. The topological polar surface area (TPSA) is 66.9 Å². The summed E-state index contributed by atoms with van der Waals surface area (Å²) < 4.78 is 33.9. The molecule has 1 fully saturated rings. The van der Waals surface area contributed by atoms with E-state index in [1.54, 1.807) is 41.3 Å². The number of methoxy groups -OCH3 is 1. The fourth-order valence-electron chi connectivity index (χ4n) is 3.57. The lowest BCUT2D eigenvalue weighted by Crippen LogP contribution is -2.45. The van der Waals surface area contributed by atoms with Gasteiger partial charge in [-0.2, -0.15) is 0 Å². The van der Waals surface area contributed by atoms with Crippen molar-refractivity contribution in [3.05, 3.63) is 53.6 Å². The van der Waals surface area contributed by atoms with Crippen LogP contribution in [-0.2, 0) is 14.8 Å². The van der Waals surface area contributed by atoms with Crippen molar-refractivity contribution in [1.29, 1.82) is 0 Å². The standard InChI is InChI=1S/C22H28N2O4S/c1-17-8-7-9-19(14-17)24(16-22(25)23-12-5-4-6-13-23)29(26,27)21-15-18(2)10-11-20(21)28-3/h7-11,14-15H,4-6,12-13,16H2,1-3H3. The Morgan fingerprint density at radius 3 is 2.38 bits per heavy atom. The summed E-state index contributed by atoms with van der Waals surface area (Å²) in [6.07, 6.45) is 3.01. The first-order valence-corrected chi connectivity index (χ1v) is 11.3. The first-order chi connectivity index (χ1) is 13.8. The number of likely N-dealkylation sites (tertiary alicyclic amines) is 1. The molecule has 0 unspecified atom stereocenters. The van der Waals surface area contributed by atoms with Gasteiger partial charge in [-0.3, -0.25) is 9.10 Å². The van der Waals surface area contributed by atoms with Crippen LogP contribution in [0, 0.1) is 13.8 Å². The second kappa shape index (κ2) is 8.86. The average molecular weight is 417 g/mol. The van der Waals surface area contributed by atoms with E-state index in [-0.39, 0.29) is 23.1 Å². The molecule has 1 heterocycles. The maximum Gasteiger partial charge on any atom is 0.268 e. The zero-order valence-electron chi connectivity index (χ0n) is 17.2. The fourth-order valence-corrected chi connectivity index (χ4v) is 5.22. The molecule has 0 aromatic heterocycles. The molecule has 29 heavy (non-hydrogen) atoms. The van der Waals surface area contributed by atoms with Crippen LogP contribution in [0.4, 0.5) is 5.69 Å². The zero-order chi connectivity index (χ0) is 21.0. The van der Waals surface area contributed by atoms with Gasteiger partial charge in [-0.25, -0.2) is 8.42 Å². The number of rotatable bonds is 6. The molecule has 0 N–H and O–H groups in total. The molecular formula is C22H28N2O4S. The van der Waals surface area contributed by atoms with E-state index in [4.69, 9.17) is 4.74 Å². The maximum absolute atomic E-state index is 13.7. The molecule has 1 saturated heterocycles. The molecular weight excluding hydrogens is 388 g/mol. The van der Waals surface area contributed by atoms with Crippen molar-refractivity contribution in [3.8, 4) is 5.75 Å². The first kappa shape index (κ1) is 21.2. The van der Waals surface area contributed by atoms with Crippen LogP contribution in [0.15, 0.2) is 47.4 Å². The Bertz CT molecular complexity index is 982. The van der Waals surface area contributed by atoms with Gasteiger partial charge in [0, 0.05) is 13.1 Å². The number of ether oxygens (including phenoxy) is 1. The minimum atomic E-state index is -4.01. The molecule has 1 amide bonds. The van der Waals surface area contributed by atoms with Gasteiger partial charge in [-0.15, -0.1) is 0 Å². The predicted octanol–water partition coefficient (Wildman–Crippen LogP) is 3.52. The third-order valence-corrected chi connectivity index (χ3v) is 6.96. The lowest BCUT2D eigenvalue weighted by molar-refractivity contribution is -0.130. The van der Waals surface area contributed by atoms with Gasteiger partial charge in [0.25, 0.3) is 10.0 Å². The van der Waals surface area contributed by atoms with Gasteiger partial charge in [0.1, 0.15) is 17.2 Å². The SMILES string of the molecule is COc1ccc(C)cc1S(=O)(=O)N(CC(=O)N1CCCCC1)c1cccc(C)c1. The third kappa shape index (κ3) is 4.72. The largest absolute Gasteiger partial charge is 0.495 e. The van der Waals surface area contributed by atoms with Crippen LogP contribution >= 0.6 is 0 Å². The molecule has 0 aliphatic carbocycles. The van der Waals surface area contributed by atoms with E-state index in [1.165, 1.54) is 11.4 Å². The zero-order valence-corrected chi connectivity index (χ0v) is 18.0. The molecule has 0 atom stereocenters. The number of piperidine rings is 1. The van der Waals surface area contributed by atoms with E-state index in [0.29, 0.717) is 18.8 Å². The number of hydrogen-bond acceptors (Lipinski definition) is 4. The molecule has 0 bridgehead atoms. The van der Waals surface area contributed by atoms with Crippen molar-refractivity contribution in [2.45, 2.75) is 38.0 Å². The molecule has 3 rings (SSSR count). The number of carbonyl (C=O) groups is 1. The quantitative estimate of drug-likeness (QED) is 0.723. The lowest BCUT2D eigenvalue weighted by Gasteiger charge is -2.31. The predicted molar refractivity (Wildman–Crippen MR) is 114 cm³/mol. The van der Waals surface area contributed by atoms with Crippen molar-refractivity contribution >= 4 is 21.6 Å². The highest BCUT2D eigenvalue weighted by Crippen LogP contribution is 2.31. The summed E-state index contributed by atoms with van der Waals surface area (Å²) in [5.41, 5.74) is 2.19. The summed E-state index contributed by atoms with van der Waals surface area (Å²) in [7, 11) is -2.57. The normalized spacial score (nSPS) is 14.5. The molecule has 0 spiro atoms. The van der Waals surface area contributed by atoms with Gasteiger partial charge in [0.15, 0.2) is 0 Å². The van der Waals surface area contributed by atoms with E-state index in [1.807, 2.05) is 19.9 Å². The smallest absolute Gasteiger partial charge is 0.268 e. The monoisotopic (exact) mass is 416 g/mol. The number of sulfonamides is 1. The van der Waals surface area contributed by atoms with E-state index in [9.17, 15) is 13.2 Å². The molecule has 7 heteroatoms. The second-order valence-corrected chi connectivity index (χ2v) is 9.28. The van der Waals surface area contributed by atoms with Gasteiger partial charge in [-0.05, 0) is 68.5 Å². The van der Waals surface area contributed by atoms with Crippen LogP contribution in [0.2, 0.25) is 0 Å². The average Bonchev–Trinajstić information content (AvgIpc) is 2.72. The van der Waals surface area contributed by atoms with Crippen molar-refractivity contribution in [1.82, 2.24) is 4.90 Å². The number of amides is 1. The van der Waals surface area contributed by atoms with Crippen LogP contribution in [0.3, 0.4) is 0 Å². The number of anilines is 1. The molecule has 0 saturated carbocycles. The molecule has 1 aliphatic heterocycles. The Hall–Kier alpha value is -2.54. The van der Waals surface area contributed by atoms with Crippen LogP contribution in [0.5, 0.6) is 5.75 Å². The van der Waals surface area contributed by atoms with E-state index >= 15 is 0 Å². The van der Waals surface area contributed by atoms with Gasteiger partial charge in [0.2, 0.25) is 5.91 Å². The van der Waals surface area contributed by atoms with Crippen molar-refractivity contribution in [3.63, 3.8) is 0 Å². The Morgan fingerprint density at radius 2 is 1.72 bits per heavy atom. The molecule has 2 aromatic rings. The van der Waals surface area contributed by atoms with E-state index in [0.717, 1.165) is 30.4 Å². The third-order valence-electron chi connectivity index (χ3n) is 5.16. The molecule has 156 valence electrons. The highest BCUT2D eigenvalue weighted by Gasteiger charge is 2.31. The second-order valence-electron chi connectivity index (χ2n) is 7.45. The van der Waals surface area contributed by atoms with Gasteiger partial charge < -0.3 is 9.64 Å². The Labute approximate surface area is 173 Å². The van der Waals surface area contributed by atoms with Crippen LogP contribution in [0.1, 0.15) is 30.4 Å². The number of benzene rings is 2. The minimum absolute atomic E-state index is 0.0629. The number of carbonyl (C=O) groups excluding carboxylic acids is 1. The Morgan fingerprint density at radius 1 is 1.03 bits per heavy atom. The van der Waals surface area contributed by atoms with Crippen molar-refractivity contribution < 1.29 is 17.9 Å². The van der Waals surface area contributed by atoms with Crippen LogP contribution in [0.25, 0.3) is 0 Å². The van der Waals surface area contributed by atoms with Crippen LogP contribution in [-0.4, -0.2) is 46.0 Å². The summed E-state index contributed by atoms with van der Waals surface area (Å²) in [6.45, 7) is 4.84. The summed E-state index contributed by atoms with van der Waals surface area (Å²) in [6, 6.07) is 12.2.